The van der Waals surface area contributed by atoms with Crippen LogP contribution in [0.4, 0.5) is 0 Å². The normalized spacial score (nSPS) is 15.7. The molecule has 0 unspecified atom stereocenters. The molecule has 1 aliphatic rings. The van der Waals surface area contributed by atoms with Crippen LogP contribution in [0.1, 0.15) is 6.92 Å². The molecule has 0 atom stereocenters. The standard InChI is InChI=1S/C17H20N6O2S/c1-2-20-5-7-21(8-6-20)16(24)11-22-17(25)14-10-13(15-4-3-9-26-15)19-23(14)12-18-22/h3-4,9-10,12H,2,5-8,11H2,1H3. The fraction of sp³-hybridized carbons (Fsp3) is 0.412. The lowest BCUT2D eigenvalue weighted by Gasteiger charge is -2.34. The quantitative estimate of drug-likeness (QED) is 0.677. The first-order valence-corrected chi connectivity index (χ1v) is 9.53. The maximum absolute atomic E-state index is 12.7. The van der Waals surface area contributed by atoms with Crippen molar-refractivity contribution in [3.05, 3.63) is 40.3 Å². The topological polar surface area (TPSA) is 75.7 Å². The molecular weight excluding hydrogens is 352 g/mol. The third-order valence-electron chi connectivity index (χ3n) is 4.72. The number of hydrogen-bond acceptors (Lipinski definition) is 6. The summed E-state index contributed by atoms with van der Waals surface area (Å²) in [4.78, 5) is 30.3. The molecule has 0 spiro atoms. The van der Waals surface area contributed by atoms with Gasteiger partial charge in [-0.1, -0.05) is 13.0 Å². The fourth-order valence-corrected chi connectivity index (χ4v) is 3.82. The molecular formula is C17H20N6O2S. The molecule has 4 rings (SSSR count). The number of piperazine rings is 1. The second-order valence-electron chi connectivity index (χ2n) is 6.25. The minimum atomic E-state index is -0.302. The van der Waals surface area contributed by atoms with Crippen LogP contribution >= 0.6 is 11.3 Å². The second kappa shape index (κ2) is 7.00. The van der Waals surface area contributed by atoms with E-state index in [1.807, 2.05) is 17.5 Å². The van der Waals surface area contributed by atoms with Gasteiger partial charge in [0.05, 0.1) is 4.88 Å². The third-order valence-corrected chi connectivity index (χ3v) is 5.61. The van der Waals surface area contributed by atoms with Gasteiger partial charge in [0.1, 0.15) is 24.1 Å². The van der Waals surface area contributed by atoms with Crippen molar-refractivity contribution in [1.29, 1.82) is 0 Å². The fourth-order valence-electron chi connectivity index (χ4n) is 3.14. The molecule has 1 saturated heterocycles. The van der Waals surface area contributed by atoms with E-state index in [1.165, 1.54) is 15.5 Å². The van der Waals surface area contributed by atoms with Crippen molar-refractivity contribution in [3.8, 4) is 10.6 Å². The first-order chi connectivity index (χ1) is 12.7. The maximum Gasteiger partial charge on any atom is 0.293 e. The highest BCUT2D eigenvalue weighted by Gasteiger charge is 2.21. The molecule has 0 aliphatic carbocycles. The van der Waals surface area contributed by atoms with Gasteiger partial charge in [-0.3, -0.25) is 9.59 Å². The van der Waals surface area contributed by atoms with Gasteiger partial charge in [-0.05, 0) is 24.1 Å². The van der Waals surface area contributed by atoms with Gasteiger partial charge in [-0.2, -0.15) is 10.2 Å². The Morgan fingerprint density at radius 3 is 2.77 bits per heavy atom. The molecule has 3 aromatic heterocycles. The molecule has 3 aromatic rings. The summed E-state index contributed by atoms with van der Waals surface area (Å²) >= 11 is 1.56. The monoisotopic (exact) mass is 372 g/mol. The molecule has 136 valence electrons. The summed E-state index contributed by atoms with van der Waals surface area (Å²) in [6, 6.07) is 5.65. The summed E-state index contributed by atoms with van der Waals surface area (Å²) in [7, 11) is 0. The van der Waals surface area contributed by atoms with E-state index in [0.717, 1.165) is 30.2 Å². The van der Waals surface area contributed by atoms with Crippen LogP contribution in [0.2, 0.25) is 0 Å². The van der Waals surface area contributed by atoms with Crippen molar-refractivity contribution >= 4 is 22.8 Å². The van der Waals surface area contributed by atoms with E-state index in [9.17, 15) is 9.59 Å². The molecule has 0 saturated carbocycles. The average Bonchev–Trinajstić information content (AvgIpc) is 3.33. The average molecular weight is 372 g/mol. The Morgan fingerprint density at radius 2 is 2.08 bits per heavy atom. The molecule has 8 nitrogen and oxygen atoms in total. The van der Waals surface area contributed by atoms with Gasteiger partial charge in [-0.25, -0.2) is 9.20 Å². The Hall–Kier alpha value is -2.52. The zero-order valence-electron chi connectivity index (χ0n) is 14.5. The van der Waals surface area contributed by atoms with Crippen molar-refractivity contribution < 1.29 is 4.79 Å². The van der Waals surface area contributed by atoms with Crippen molar-refractivity contribution in [3.63, 3.8) is 0 Å². The number of nitrogens with zero attached hydrogens (tertiary/aromatic N) is 6. The van der Waals surface area contributed by atoms with E-state index in [0.29, 0.717) is 18.6 Å². The highest BCUT2D eigenvalue weighted by molar-refractivity contribution is 7.13. The summed E-state index contributed by atoms with van der Waals surface area (Å²) in [5.74, 6) is -0.0716. The van der Waals surface area contributed by atoms with Gasteiger partial charge in [-0.15, -0.1) is 11.3 Å². The van der Waals surface area contributed by atoms with Gasteiger partial charge in [0, 0.05) is 26.2 Å². The van der Waals surface area contributed by atoms with Gasteiger partial charge in [0.2, 0.25) is 5.91 Å². The third kappa shape index (κ3) is 3.15. The molecule has 0 bridgehead atoms. The lowest BCUT2D eigenvalue weighted by molar-refractivity contribution is -0.133. The summed E-state index contributed by atoms with van der Waals surface area (Å²) < 4.78 is 2.70. The molecule has 4 heterocycles. The lowest BCUT2D eigenvalue weighted by Crippen LogP contribution is -2.50. The highest BCUT2D eigenvalue weighted by atomic mass is 32.1. The van der Waals surface area contributed by atoms with Crippen LogP contribution in [0.15, 0.2) is 34.7 Å². The Morgan fingerprint density at radius 1 is 1.27 bits per heavy atom. The van der Waals surface area contributed by atoms with E-state index < -0.39 is 0 Å². The first-order valence-electron chi connectivity index (χ1n) is 8.65. The molecule has 1 aliphatic heterocycles. The van der Waals surface area contributed by atoms with E-state index in [1.54, 1.807) is 22.3 Å². The second-order valence-corrected chi connectivity index (χ2v) is 7.19. The van der Waals surface area contributed by atoms with Crippen LogP contribution in [-0.4, -0.2) is 67.8 Å². The van der Waals surface area contributed by atoms with E-state index >= 15 is 0 Å². The predicted octanol–water partition coefficient (Wildman–Crippen LogP) is 0.784. The van der Waals surface area contributed by atoms with Gasteiger partial charge >= 0.3 is 0 Å². The molecule has 26 heavy (non-hydrogen) atoms. The largest absolute Gasteiger partial charge is 0.339 e. The summed E-state index contributed by atoms with van der Waals surface area (Å²) in [5.41, 5.74) is 0.856. The minimum absolute atomic E-state index is 0.0407. The number of amides is 1. The number of likely N-dealkylation sites (N-methyl/N-ethyl adjacent to an activating group) is 1. The molecule has 0 radical (unpaired) electrons. The highest BCUT2D eigenvalue weighted by Crippen LogP contribution is 2.23. The number of rotatable bonds is 4. The molecule has 0 N–H and O–H groups in total. The Bertz CT molecular complexity index is 969. The van der Waals surface area contributed by atoms with Crippen LogP contribution in [0, 0.1) is 0 Å². The summed E-state index contributed by atoms with van der Waals surface area (Å²) in [6.07, 6.45) is 1.48. The minimum Gasteiger partial charge on any atom is -0.339 e. The Balaban J connectivity index is 1.54. The van der Waals surface area contributed by atoms with E-state index in [2.05, 4.69) is 22.0 Å². The molecule has 1 amide bonds. The Labute approximate surface area is 154 Å². The number of aromatic nitrogens is 4. The summed E-state index contributed by atoms with van der Waals surface area (Å²) in [5, 5.41) is 10.5. The molecule has 0 aromatic carbocycles. The van der Waals surface area contributed by atoms with Crippen molar-refractivity contribution in [1.82, 2.24) is 29.2 Å². The maximum atomic E-state index is 12.7. The molecule has 1 fully saturated rings. The number of thiophene rings is 1. The number of carbonyl (C=O) groups excluding carboxylic acids is 1. The van der Waals surface area contributed by atoms with Crippen LogP contribution < -0.4 is 5.56 Å². The van der Waals surface area contributed by atoms with Crippen molar-refractivity contribution in [2.45, 2.75) is 13.5 Å². The molecule has 9 heteroatoms. The zero-order chi connectivity index (χ0) is 18.1. The van der Waals surface area contributed by atoms with Gasteiger partial charge < -0.3 is 9.80 Å². The van der Waals surface area contributed by atoms with Crippen LogP contribution in [0.5, 0.6) is 0 Å². The SMILES string of the molecule is CCN1CCN(C(=O)Cn2ncn3nc(-c4cccs4)cc3c2=O)CC1. The van der Waals surface area contributed by atoms with Crippen LogP contribution in [0.3, 0.4) is 0 Å². The van der Waals surface area contributed by atoms with Gasteiger partial charge in [0.25, 0.3) is 5.56 Å². The van der Waals surface area contributed by atoms with E-state index in [-0.39, 0.29) is 18.0 Å². The van der Waals surface area contributed by atoms with Gasteiger partial charge in [0.15, 0.2) is 0 Å². The van der Waals surface area contributed by atoms with Crippen molar-refractivity contribution in [2.75, 3.05) is 32.7 Å². The summed E-state index contributed by atoms with van der Waals surface area (Å²) in [6.45, 7) is 6.20. The van der Waals surface area contributed by atoms with Crippen LogP contribution in [-0.2, 0) is 11.3 Å². The predicted molar refractivity (Wildman–Crippen MR) is 99.3 cm³/mol. The van der Waals surface area contributed by atoms with Crippen LogP contribution in [0.25, 0.3) is 16.1 Å². The number of carbonyl (C=O) groups is 1. The number of fused-ring (bicyclic) bond motifs is 1. The number of hydrogen-bond donors (Lipinski definition) is 0. The zero-order valence-corrected chi connectivity index (χ0v) is 15.4. The Kier molecular flexibility index (Phi) is 4.56. The first kappa shape index (κ1) is 16.9. The van der Waals surface area contributed by atoms with Crippen molar-refractivity contribution in [2.24, 2.45) is 0 Å². The van der Waals surface area contributed by atoms with E-state index in [4.69, 9.17) is 0 Å². The lowest BCUT2D eigenvalue weighted by atomic mass is 10.3. The smallest absolute Gasteiger partial charge is 0.293 e.